The summed E-state index contributed by atoms with van der Waals surface area (Å²) in [6.07, 6.45) is 1.50. The third-order valence-corrected chi connectivity index (χ3v) is 4.43. The van der Waals surface area contributed by atoms with Gasteiger partial charge in [-0.1, -0.05) is 12.1 Å². The number of ether oxygens (including phenoxy) is 1. The van der Waals surface area contributed by atoms with Crippen molar-refractivity contribution in [2.75, 3.05) is 12.4 Å². The van der Waals surface area contributed by atoms with Crippen molar-refractivity contribution >= 4 is 17.7 Å². The van der Waals surface area contributed by atoms with Gasteiger partial charge >= 0.3 is 0 Å². The Balaban J connectivity index is 1.94. The van der Waals surface area contributed by atoms with Crippen molar-refractivity contribution in [1.82, 2.24) is 9.78 Å². The van der Waals surface area contributed by atoms with E-state index in [2.05, 4.69) is 10.4 Å². The summed E-state index contributed by atoms with van der Waals surface area (Å²) in [5.74, 6) is -0.393. The van der Waals surface area contributed by atoms with E-state index >= 15 is 0 Å². The smallest absolute Gasteiger partial charge is 0.266 e. The maximum atomic E-state index is 13.2. The lowest BCUT2D eigenvalue weighted by Crippen LogP contribution is -2.14. The quantitative estimate of drug-likeness (QED) is 0.523. The number of hydrogen-bond donors (Lipinski definition) is 1. The van der Waals surface area contributed by atoms with Crippen LogP contribution in [0.15, 0.2) is 54.1 Å². The Bertz CT molecular complexity index is 1120. The molecular weight excluding hydrogens is 371 g/mol. The van der Waals surface area contributed by atoms with Crippen LogP contribution in [0.25, 0.3) is 11.8 Å². The van der Waals surface area contributed by atoms with Gasteiger partial charge in [-0.3, -0.25) is 4.79 Å². The summed E-state index contributed by atoms with van der Waals surface area (Å²) in [5.41, 5.74) is 3.11. The molecule has 0 radical (unpaired) electrons. The predicted octanol–water partition coefficient (Wildman–Crippen LogP) is 4.18. The van der Waals surface area contributed by atoms with Crippen LogP contribution in [0.5, 0.6) is 5.75 Å². The molecule has 0 aliphatic heterocycles. The summed E-state index contributed by atoms with van der Waals surface area (Å²) in [7, 11) is 1.50. The van der Waals surface area contributed by atoms with Crippen molar-refractivity contribution in [3.63, 3.8) is 0 Å². The number of nitriles is 1. The van der Waals surface area contributed by atoms with Gasteiger partial charge in [-0.2, -0.15) is 10.4 Å². The first kappa shape index (κ1) is 19.8. The number of para-hydroxylation sites is 2. The fourth-order valence-electron chi connectivity index (χ4n) is 2.93. The van der Waals surface area contributed by atoms with Crippen LogP contribution in [-0.4, -0.2) is 22.8 Å². The standard InChI is InChI=1S/C22H19FN4O2/c1-14-19(15(2)27(26-14)18-10-8-17(23)9-11-18)12-16(13-24)22(28)25-20-6-4-5-7-21(20)29-3/h4-12H,1-3H3,(H,25,28)/b16-12-. The molecular formula is C22H19FN4O2. The first-order valence-corrected chi connectivity index (χ1v) is 8.83. The molecule has 1 aromatic heterocycles. The average Bonchev–Trinajstić information content (AvgIpc) is 3.00. The number of aromatic nitrogens is 2. The minimum atomic E-state index is -0.551. The fraction of sp³-hybridized carbons (Fsp3) is 0.136. The van der Waals surface area contributed by atoms with Gasteiger partial charge in [0.05, 0.1) is 24.2 Å². The SMILES string of the molecule is COc1ccccc1NC(=O)/C(C#N)=C\c1c(C)nn(-c2ccc(F)cc2)c1C. The Morgan fingerprint density at radius 3 is 2.55 bits per heavy atom. The lowest BCUT2D eigenvalue weighted by atomic mass is 10.1. The van der Waals surface area contributed by atoms with E-state index in [1.165, 1.54) is 25.3 Å². The lowest BCUT2D eigenvalue weighted by Gasteiger charge is -2.09. The Morgan fingerprint density at radius 2 is 1.90 bits per heavy atom. The zero-order chi connectivity index (χ0) is 21.0. The molecule has 2 aromatic carbocycles. The number of anilines is 1. The third-order valence-electron chi connectivity index (χ3n) is 4.43. The number of methoxy groups -OCH3 is 1. The molecule has 7 heteroatoms. The van der Waals surface area contributed by atoms with Gasteiger partial charge in [0.25, 0.3) is 5.91 Å². The summed E-state index contributed by atoms with van der Waals surface area (Å²) in [6.45, 7) is 3.61. The maximum absolute atomic E-state index is 13.2. The van der Waals surface area contributed by atoms with Crippen LogP contribution in [0.4, 0.5) is 10.1 Å². The van der Waals surface area contributed by atoms with Gasteiger partial charge in [0.1, 0.15) is 23.2 Å². The van der Waals surface area contributed by atoms with Gasteiger partial charge in [0, 0.05) is 11.3 Å². The number of amides is 1. The second kappa shape index (κ2) is 8.40. The van der Waals surface area contributed by atoms with Gasteiger partial charge < -0.3 is 10.1 Å². The number of aryl methyl sites for hydroxylation is 1. The Hall–Kier alpha value is -3.92. The first-order chi connectivity index (χ1) is 13.9. The number of rotatable bonds is 5. The Morgan fingerprint density at radius 1 is 1.21 bits per heavy atom. The van der Waals surface area contributed by atoms with Crippen molar-refractivity contribution in [2.24, 2.45) is 0 Å². The van der Waals surface area contributed by atoms with E-state index < -0.39 is 5.91 Å². The molecule has 0 aliphatic rings. The molecule has 29 heavy (non-hydrogen) atoms. The summed E-state index contributed by atoms with van der Waals surface area (Å²) >= 11 is 0. The highest BCUT2D eigenvalue weighted by Crippen LogP contribution is 2.25. The normalized spacial score (nSPS) is 11.1. The largest absolute Gasteiger partial charge is 0.495 e. The van der Waals surface area contributed by atoms with Crippen LogP contribution in [-0.2, 0) is 4.79 Å². The maximum Gasteiger partial charge on any atom is 0.266 e. The minimum absolute atomic E-state index is 0.0687. The predicted molar refractivity (Wildman–Crippen MR) is 108 cm³/mol. The number of nitrogens with one attached hydrogen (secondary N) is 1. The topological polar surface area (TPSA) is 79.9 Å². The van der Waals surface area contributed by atoms with Gasteiger partial charge in [0.15, 0.2) is 0 Å². The van der Waals surface area contributed by atoms with Gasteiger partial charge in [0.2, 0.25) is 0 Å². The van der Waals surface area contributed by atoms with E-state index in [1.807, 2.05) is 13.0 Å². The fourth-order valence-corrected chi connectivity index (χ4v) is 2.93. The number of halogens is 1. The number of hydrogen-bond acceptors (Lipinski definition) is 4. The highest BCUT2D eigenvalue weighted by Gasteiger charge is 2.16. The van der Waals surface area contributed by atoms with E-state index in [0.717, 1.165) is 5.69 Å². The van der Waals surface area contributed by atoms with E-state index in [0.29, 0.717) is 28.4 Å². The van der Waals surface area contributed by atoms with E-state index in [4.69, 9.17) is 4.74 Å². The third kappa shape index (κ3) is 4.17. The van der Waals surface area contributed by atoms with E-state index in [-0.39, 0.29) is 11.4 Å². The van der Waals surface area contributed by atoms with Crippen molar-refractivity contribution in [3.8, 4) is 17.5 Å². The molecule has 0 spiro atoms. The molecule has 0 saturated heterocycles. The average molecular weight is 390 g/mol. The molecule has 0 aliphatic carbocycles. The molecule has 3 aromatic rings. The molecule has 0 bridgehead atoms. The molecule has 146 valence electrons. The molecule has 0 atom stereocenters. The number of carbonyl (C=O) groups is 1. The van der Waals surface area contributed by atoms with Gasteiger partial charge in [-0.05, 0) is 56.3 Å². The zero-order valence-electron chi connectivity index (χ0n) is 16.2. The highest BCUT2D eigenvalue weighted by atomic mass is 19.1. The number of benzene rings is 2. The summed E-state index contributed by atoms with van der Waals surface area (Å²) in [5, 5.41) is 16.7. The summed E-state index contributed by atoms with van der Waals surface area (Å²) in [6, 6.07) is 14.8. The van der Waals surface area contributed by atoms with Crippen molar-refractivity contribution in [3.05, 3.63) is 76.9 Å². The molecule has 3 rings (SSSR count). The minimum Gasteiger partial charge on any atom is -0.495 e. The van der Waals surface area contributed by atoms with Crippen LogP contribution in [0.1, 0.15) is 17.0 Å². The molecule has 1 amide bonds. The molecule has 0 saturated carbocycles. The van der Waals surface area contributed by atoms with Gasteiger partial charge in [-0.25, -0.2) is 9.07 Å². The highest BCUT2D eigenvalue weighted by molar-refractivity contribution is 6.10. The zero-order valence-corrected chi connectivity index (χ0v) is 16.2. The first-order valence-electron chi connectivity index (χ1n) is 8.83. The van der Waals surface area contributed by atoms with Crippen LogP contribution in [0.3, 0.4) is 0 Å². The second-order valence-electron chi connectivity index (χ2n) is 6.30. The van der Waals surface area contributed by atoms with Crippen LogP contribution < -0.4 is 10.1 Å². The second-order valence-corrected chi connectivity index (χ2v) is 6.30. The van der Waals surface area contributed by atoms with Crippen molar-refractivity contribution in [2.45, 2.75) is 13.8 Å². The number of carbonyl (C=O) groups excluding carboxylic acids is 1. The van der Waals surface area contributed by atoms with Crippen LogP contribution in [0.2, 0.25) is 0 Å². The summed E-state index contributed by atoms with van der Waals surface area (Å²) < 4.78 is 20.1. The molecule has 0 fully saturated rings. The van der Waals surface area contributed by atoms with Crippen molar-refractivity contribution < 1.29 is 13.9 Å². The Labute approximate surface area is 167 Å². The monoisotopic (exact) mass is 390 g/mol. The molecule has 6 nitrogen and oxygen atoms in total. The van der Waals surface area contributed by atoms with E-state index in [9.17, 15) is 14.4 Å². The summed E-state index contributed by atoms with van der Waals surface area (Å²) in [4.78, 5) is 12.6. The van der Waals surface area contributed by atoms with Crippen LogP contribution >= 0.6 is 0 Å². The molecule has 1 heterocycles. The van der Waals surface area contributed by atoms with Crippen LogP contribution in [0, 0.1) is 31.0 Å². The van der Waals surface area contributed by atoms with Gasteiger partial charge in [-0.15, -0.1) is 0 Å². The molecule has 1 N–H and O–H groups in total. The number of nitrogens with zero attached hydrogens (tertiary/aromatic N) is 3. The molecule has 0 unspecified atom stereocenters. The Kier molecular flexibility index (Phi) is 5.74. The van der Waals surface area contributed by atoms with Crippen molar-refractivity contribution in [1.29, 1.82) is 5.26 Å². The lowest BCUT2D eigenvalue weighted by molar-refractivity contribution is -0.112. The van der Waals surface area contributed by atoms with E-state index in [1.54, 1.807) is 48.0 Å².